The van der Waals surface area contributed by atoms with Crippen molar-refractivity contribution in [1.82, 2.24) is 0 Å². The van der Waals surface area contributed by atoms with E-state index in [1.54, 1.807) is 30.3 Å². The van der Waals surface area contributed by atoms with E-state index < -0.39 is 0 Å². The molecule has 0 spiro atoms. The van der Waals surface area contributed by atoms with Gasteiger partial charge in [-0.25, -0.2) is 0 Å². The second kappa shape index (κ2) is 11.4. The van der Waals surface area contributed by atoms with Gasteiger partial charge in [0.1, 0.15) is 17.2 Å². The summed E-state index contributed by atoms with van der Waals surface area (Å²) < 4.78 is 4.73. The molecular formula is C28H35ClO4. The molecule has 0 saturated carbocycles. The molecule has 0 amide bonds. The maximum absolute atomic E-state index is 9.45. The first kappa shape index (κ1) is 26.6. The van der Waals surface area contributed by atoms with Gasteiger partial charge in [0.05, 0.1) is 18.6 Å². The number of epoxide rings is 1. The predicted octanol–water partition coefficient (Wildman–Crippen LogP) is 6.74. The second-order valence-corrected chi connectivity index (χ2v) is 9.90. The Morgan fingerprint density at radius 1 is 0.758 bits per heavy atom. The van der Waals surface area contributed by atoms with Crippen molar-refractivity contribution in [2.45, 2.75) is 51.6 Å². The minimum atomic E-state index is -0.151. The number of rotatable bonds is 3. The number of para-hydroxylation sites is 1. The van der Waals surface area contributed by atoms with Gasteiger partial charge < -0.3 is 20.1 Å². The van der Waals surface area contributed by atoms with Crippen LogP contribution >= 0.6 is 11.6 Å². The second-order valence-electron chi connectivity index (χ2n) is 9.60. The lowest BCUT2D eigenvalue weighted by atomic mass is 9.78. The van der Waals surface area contributed by atoms with Crippen LogP contribution in [0.25, 0.3) is 0 Å². The first-order valence-electron chi connectivity index (χ1n) is 11.0. The SMILES string of the molecule is CC(C)(C)c1ccccc1O.CC(C)(c1ccc(O)cc1)c1ccc(O)cc1.ClCC1CO1. The summed E-state index contributed by atoms with van der Waals surface area (Å²) in [5.74, 6) is 1.60. The summed E-state index contributed by atoms with van der Waals surface area (Å²) in [6.45, 7) is 11.4. The molecule has 1 saturated heterocycles. The van der Waals surface area contributed by atoms with Crippen molar-refractivity contribution in [3.05, 3.63) is 89.5 Å². The number of hydrogen-bond acceptors (Lipinski definition) is 4. The van der Waals surface area contributed by atoms with Gasteiger partial charge in [-0.2, -0.15) is 0 Å². The highest BCUT2D eigenvalue weighted by molar-refractivity contribution is 6.18. The summed E-state index contributed by atoms with van der Waals surface area (Å²) in [7, 11) is 0. The van der Waals surface area contributed by atoms with Crippen LogP contribution in [0, 0.1) is 0 Å². The molecule has 1 aliphatic heterocycles. The number of benzene rings is 3. The zero-order valence-electron chi connectivity index (χ0n) is 20.0. The Labute approximate surface area is 202 Å². The fraction of sp³-hybridized carbons (Fsp3) is 0.357. The highest BCUT2D eigenvalue weighted by Gasteiger charge is 2.23. The summed E-state index contributed by atoms with van der Waals surface area (Å²) in [6, 6.07) is 21.9. The van der Waals surface area contributed by atoms with Gasteiger partial charge in [0.15, 0.2) is 0 Å². The van der Waals surface area contributed by atoms with E-state index in [2.05, 4.69) is 34.6 Å². The first-order chi connectivity index (χ1) is 15.4. The summed E-state index contributed by atoms with van der Waals surface area (Å²) in [5, 5.41) is 28.0. The van der Waals surface area contributed by atoms with Crippen molar-refractivity contribution in [2.75, 3.05) is 12.5 Å². The van der Waals surface area contributed by atoms with Crippen LogP contribution in [-0.4, -0.2) is 33.9 Å². The molecular weight excluding hydrogens is 436 g/mol. The zero-order chi connectivity index (χ0) is 24.6. The van der Waals surface area contributed by atoms with Crippen molar-refractivity contribution in [2.24, 2.45) is 0 Å². The Morgan fingerprint density at radius 2 is 1.18 bits per heavy atom. The molecule has 4 nitrogen and oxygen atoms in total. The summed E-state index contributed by atoms with van der Waals surface area (Å²) >= 11 is 5.27. The molecule has 3 aromatic rings. The van der Waals surface area contributed by atoms with Crippen molar-refractivity contribution >= 4 is 11.6 Å². The zero-order valence-corrected chi connectivity index (χ0v) is 20.8. The maximum atomic E-state index is 9.45. The van der Waals surface area contributed by atoms with E-state index in [1.807, 2.05) is 42.5 Å². The van der Waals surface area contributed by atoms with Crippen LogP contribution < -0.4 is 0 Å². The lowest BCUT2D eigenvalue weighted by molar-refractivity contribution is 0.425. The van der Waals surface area contributed by atoms with Crippen LogP contribution in [0.1, 0.15) is 51.3 Å². The average molecular weight is 471 g/mol. The quantitative estimate of drug-likeness (QED) is 0.293. The van der Waals surface area contributed by atoms with Gasteiger partial charge in [0.2, 0.25) is 0 Å². The third-order valence-corrected chi connectivity index (χ3v) is 5.81. The molecule has 0 bridgehead atoms. The van der Waals surface area contributed by atoms with E-state index in [0.29, 0.717) is 17.7 Å². The largest absolute Gasteiger partial charge is 0.508 e. The average Bonchev–Trinajstić information content (AvgIpc) is 3.60. The lowest BCUT2D eigenvalue weighted by Crippen LogP contribution is -2.18. The molecule has 4 rings (SSSR count). The topological polar surface area (TPSA) is 73.2 Å². The van der Waals surface area contributed by atoms with E-state index in [0.717, 1.165) is 23.3 Å². The third-order valence-electron chi connectivity index (χ3n) is 5.46. The Bertz CT molecular complexity index is 938. The van der Waals surface area contributed by atoms with Gasteiger partial charge in [0, 0.05) is 5.41 Å². The minimum absolute atomic E-state index is 0.0331. The minimum Gasteiger partial charge on any atom is -0.508 e. The normalized spacial score (nSPS) is 14.9. The fourth-order valence-corrected chi connectivity index (χ4v) is 3.37. The van der Waals surface area contributed by atoms with Crippen LogP contribution in [0.5, 0.6) is 17.2 Å². The van der Waals surface area contributed by atoms with E-state index in [-0.39, 0.29) is 22.3 Å². The Morgan fingerprint density at radius 3 is 1.45 bits per heavy atom. The first-order valence-corrected chi connectivity index (χ1v) is 11.5. The lowest BCUT2D eigenvalue weighted by Gasteiger charge is -2.26. The molecule has 178 valence electrons. The third kappa shape index (κ3) is 8.30. The molecule has 3 aromatic carbocycles. The standard InChI is InChI=1S/C15H16O2.C10H14O.C3H5ClO/c1-15(2,11-3-7-13(16)8-4-11)12-5-9-14(17)10-6-12;1-10(2,3)8-6-4-5-7-9(8)11;4-1-3-2-5-3/h3-10,16-17H,1-2H3;4-7,11H,1-3H3;3H,1-2H2. The van der Waals surface area contributed by atoms with E-state index in [4.69, 9.17) is 16.3 Å². The van der Waals surface area contributed by atoms with E-state index in [9.17, 15) is 15.3 Å². The number of hydrogen-bond donors (Lipinski definition) is 3. The van der Waals surface area contributed by atoms with Gasteiger partial charge in [-0.3, -0.25) is 0 Å². The highest BCUT2D eigenvalue weighted by Crippen LogP contribution is 2.33. The van der Waals surface area contributed by atoms with Gasteiger partial charge in [-0.15, -0.1) is 11.6 Å². The number of halogens is 1. The van der Waals surface area contributed by atoms with Crippen LogP contribution in [-0.2, 0) is 15.6 Å². The van der Waals surface area contributed by atoms with Crippen LogP contribution in [0.2, 0.25) is 0 Å². The number of phenols is 3. The van der Waals surface area contributed by atoms with E-state index >= 15 is 0 Å². The van der Waals surface area contributed by atoms with Gasteiger partial charge >= 0.3 is 0 Å². The Kier molecular flexibility index (Phi) is 9.21. The number of phenolic OH excluding ortho intramolecular Hbond substituents is 3. The molecule has 3 N–H and O–H groups in total. The number of aromatic hydroxyl groups is 3. The molecule has 0 radical (unpaired) electrons. The number of ether oxygens (including phenoxy) is 1. The van der Waals surface area contributed by atoms with Crippen molar-refractivity contribution < 1.29 is 20.1 Å². The monoisotopic (exact) mass is 470 g/mol. The molecule has 33 heavy (non-hydrogen) atoms. The van der Waals surface area contributed by atoms with Gasteiger partial charge in [-0.05, 0) is 52.4 Å². The molecule has 0 aliphatic carbocycles. The molecule has 1 atom stereocenters. The van der Waals surface area contributed by atoms with Crippen LogP contribution in [0.3, 0.4) is 0 Å². The molecule has 5 heteroatoms. The molecule has 1 heterocycles. The van der Waals surface area contributed by atoms with Crippen molar-refractivity contribution in [3.63, 3.8) is 0 Å². The van der Waals surface area contributed by atoms with Crippen molar-refractivity contribution in [1.29, 1.82) is 0 Å². The van der Waals surface area contributed by atoms with Gasteiger partial charge in [-0.1, -0.05) is 77.1 Å². The summed E-state index contributed by atoms with van der Waals surface area (Å²) in [6.07, 6.45) is 0.400. The Balaban J connectivity index is 0.000000204. The molecule has 1 fully saturated rings. The van der Waals surface area contributed by atoms with Crippen LogP contribution in [0.4, 0.5) is 0 Å². The number of alkyl halides is 1. The molecule has 1 unspecified atom stereocenters. The van der Waals surface area contributed by atoms with E-state index in [1.165, 1.54) is 0 Å². The highest BCUT2D eigenvalue weighted by atomic mass is 35.5. The smallest absolute Gasteiger partial charge is 0.119 e. The van der Waals surface area contributed by atoms with Crippen LogP contribution in [0.15, 0.2) is 72.8 Å². The molecule has 0 aromatic heterocycles. The summed E-state index contributed by atoms with van der Waals surface area (Å²) in [4.78, 5) is 0. The maximum Gasteiger partial charge on any atom is 0.119 e. The van der Waals surface area contributed by atoms with Crippen molar-refractivity contribution in [3.8, 4) is 17.2 Å². The van der Waals surface area contributed by atoms with Gasteiger partial charge in [0.25, 0.3) is 0 Å². The summed E-state index contributed by atoms with van der Waals surface area (Å²) in [5.41, 5.74) is 3.13. The predicted molar refractivity (Wildman–Crippen MR) is 136 cm³/mol. The molecule has 1 aliphatic rings. The fourth-order valence-electron chi connectivity index (χ4n) is 3.19. The Hall–Kier alpha value is -2.69.